The molecular weight excluding hydrogens is 539 g/mol. The normalized spacial score (nSPS) is 12.1. The molecule has 0 fully saturated rings. The van der Waals surface area contributed by atoms with Crippen LogP contribution in [-0.4, -0.2) is 81.6 Å². The van der Waals surface area contributed by atoms with Crippen LogP contribution < -0.4 is 8.85 Å². The molecule has 9 nitrogen and oxygen atoms in total. The van der Waals surface area contributed by atoms with E-state index < -0.39 is 0 Å². The molecule has 0 aliphatic rings. The van der Waals surface area contributed by atoms with E-state index in [2.05, 4.69) is 43.7 Å². The van der Waals surface area contributed by atoms with Crippen LogP contribution in [0.4, 0.5) is 0 Å². The molecule has 10 heteroatoms. The van der Waals surface area contributed by atoms with Gasteiger partial charge in [0, 0.05) is 47.7 Å². The topological polar surface area (TPSA) is 95.9 Å². The standard InChI is InChI=1S/C23H35IN4O5/c1-19-17-27-28(18-19)20(2)21-3-5-22(6-4-21)23(29)25-7-9-30-11-13-32-15-16-33-14-12-31-10-8-26-24/h3-6,17-18,20,26H,7-16H2,1-2H3,(H,25,29). The van der Waals surface area contributed by atoms with Gasteiger partial charge in [-0.15, -0.1) is 0 Å². The van der Waals surface area contributed by atoms with Crippen molar-refractivity contribution in [2.45, 2.75) is 19.9 Å². The first-order chi connectivity index (χ1) is 16.1. The van der Waals surface area contributed by atoms with Gasteiger partial charge in [-0.1, -0.05) is 12.1 Å². The summed E-state index contributed by atoms with van der Waals surface area (Å²) < 4.78 is 26.6. The highest BCUT2D eigenvalue weighted by Gasteiger charge is 2.10. The summed E-state index contributed by atoms with van der Waals surface area (Å²) in [5.41, 5.74) is 2.84. The first-order valence-electron chi connectivity index (χ1n) is 11.1. The number of hydrogen-bond acceptors (Lipinski definition) is 7. The molecule has 2 aromatic rings. The number of nitrogens with one attached hydrogen (secondary N) is 2. The van der Waals surface area contributed by atoms with Gasteiger partial charge in [-0.25, -0.2) is 0 Å². The zero-order valence-electron chi connectivity index (χ0n) is 19.4. The average Bonchev–Trinajstić information content (AvgIpc) is 3.27. The van der Waals surface area contributed by atoms with Crippen LogP contribution in [0.15, 0.2) is 36.7 Å². The molecule has 1 heterocycles. The van der Waals surface area contributed by atoms with Gasteiger partial charge < -0.3 is 24.3 Å². The van der Waals surface area contributed by atoms with Gasteiger partial charge in [0.2, 0.25) is 0 Å². The van der Waals surface area contributed by atoms with E-state index in [0.29, 0.717) is 65.0 Å². The number of halogens is 1. The van der Waals surface area contributed by atoms with E-state index in [0.717, 1.165) is 17.7 Å². The van der Waals surface area contributed by atoms with E-state index in [1.807, 2.05) is 48.3 Å². The van der Waals surface area contributed by atoms with Crippen molar-refractivity contribution in [3.8, 4) is 0 Å². The Hall–Kier alpha value is -1.57. The van der Waals surface area contributed by atoms with E-state index >= 15 is 0 Å². The molecule has 0 spiro atoms. The Morgan fingerprint density at radius 2 is 1.48 bits per heavy atom. The number of carbonyl (C=O) groups excluding carboxylic acids is 1. The molecule has 184 valence electrons. The molecule has 0 radical (unpaired) electrons. The molecule has 0 aliphatic heterocycles. The second kappa shape index (κ2) is 17.0. The molecule has 2 N–H and O–H groups in total. The lowest BCUT2D eigenvalue weighted by Crippen LogP contribution is -2.27. The third-order valence-corrected chi connectivity index (χ3v) is 5.31. The zero-order valence-corrected chi connectivity index (χ0v) is 21.6. The number of hydrogen-bond donors (Lipinski definition) is 2. The summed E-state index contributed by atoms with van der Waals surface area (Å²) in [5.74, 6) is -0.115. The van der Waals surface area contributed by atoms with Gasteiger partial charge >= 0.3 is 0 Å². The summed E-state index contributed by atoms with van der Waals surface area (Å²) in [6.07, 6.45) is 3.85. The van der Waals surface area contributed by atoms with Crippen LogP contribution in [0.25, 0.3) is 0 Å². The number of aromatic nitrogens is 2. The van der Waals surface area contributed by atoms with E-state index in [4.69, 9.17) is 18.9 Å². The van der Waals surface area contributed by atoms with E-state index in [1.165, 1.54) is 0 Å². The Bertz CT molecular complexity index is 787. The molecule has 2 rings (SSSR count). The largest absolute Gasteiger partial charge is 0.378 e. The SMILES string of the molecule is Cc1cnn(C(C)c2ccc(C(=O)NCCOCCOCCOCCOCCNI)cc2)c1. The van der Waals surface area contributed by atoms with Gasteiger partial charge in [-0.05, 0) is 37.1 Å². The van der Waals surface area contributed by atoms with Crippen molar-refractivity contribution in [3.63, 3.8) is 0 Å². The summed E-state index contributed by atoms with van der Waals surface area (Å²) >= 11 is 2.09. The fourth-order valence-corrected chi connectivity index (χ4v) is 3.14. The first-order valence-corrected chi connectivity index (χ1v) is 12.2. The molecule has 0 aliphatic carbocycles. The van der Waals surface area contributed by atoms with Gasteiger partial charge in [0.1, 0.15) is 0 Å². The molecule has 1 unspecified atom stereocenters. The Balaban J connectivity index is 1.47. The van der Waals surface area contributed by atoms with Crippen LogP contribution >= 0.6 is 22.9 Å². The van der Waals surface area contributed by atoms with Crippen LogP contribution in [0.3, 0.4) is 0 Å². The quantitative estimate of drug-likeness (QED) is 0.161. The fourth-order valence-electron chi connectivity index (χ4n) is 2.92. The Morgan fingerprint density at radius 3 is 2.00 bits per heavy atom. The van der Waals surface area contributed by atoms with Crippen molar-refractivity contribution in [1.82, 2.24) is 18.6 Å². The number of benzene rings is 1. The summed E-state index contributed by atoms with van der Waals surface area (Å²) in [6, 6.07) is 7.71. The van der Waals surface area contributed by atoms with Crippen LogP contribution in [0.5, 0.6) is 0 Å². The van der Waals surface area contributed by atoms with Gasteiger partial charge in [0.15, 0.2) is 0 Å². The maximum absolute atomic E-state index is 12.3. The van der Waals surface area contributed by atoms with Gasteiger partial charge in [-0.3, -0.25) is 13.0 Å². The number of ether oxygens (including phenoxy) is 4. The van der Waals surface area contributed by atoms with Crippen molar-refractivity contribution < 1.29 is 23.7 Å². The second-order valence-electron chi connectivity index (χ2n) is 7.38. The lowest BCUT2D eigenvalue weighted by atomic mass is 10.1. The fraction of sp³-hybridized carbons (Fsp3) is 0.565. The Labute approximate surface area is 210 Å². The predicted molar refractivity (Wildman–Crippen MR) is 135 cm³/mol. The molecule has 1 aromatic carbocycles. The maximum atomic E-state index is 12.3. The summed E-state index contributed by atoms with van der Waals surface area (Å²) in [7, 11) is 0. The summed E-state index contributed by atoms with van der Waals surface area (Å²) in [6.45, 7) is 9.64. The number of rotatable bonds is 18. The van der Waals surface area contributed by atoms with Crippen molar-refractivity contribution in [1.29, 1.82) is 0 Å². The van der Waals surface area contributed by atoms with Crippen molar-refractivity contribution >= 4 is 28.8 Å². The molecule has 0 saturated carbocycles. The molecular formula is C23H35IN4O5. The van der Waals surface area contributed by atoms with E-state index in [9.17, 15) is 4.79 Å². The molecule has 1 aromatic heterocycles. The van der Waals surface area contributed by atoms with Crippen molar-refractivity contribution in [3.05, 3.63) is 53.3 Å². The maximum Gasteiger partial charge on any atom is 0.251 e. The highest BCUT2D eigenvalue weighted by atomic mass is 127. The average molecular weight is 574 g/mol. The number of carbonyl (C=O) groups is 1. The smallest absolute Gasteiger partial charge is 0.251 e. The van der Waals surface area contributed by atoms with E-state index in [-0.39, 0.29) is 11.9 Å². The molecule has 0 saturated heterocycles. The lowest BCUT2D eigenvalue weighted by molar-refractivity contribution is -0.000684. The Morgan fingerprint density at radius 1 is 0.939 bits per heavy atom. The van der Waals surface area contributed by atoms with Crippen molar-refractivity contribution in [2.24, 2.45) is 0 Å². The molecule has 1 amide bonds. The van der Waals surface area contributed by atoms with Gasteiger partial charge in [0.25, 0.3) is 5.91 Å². The lowest BCUT2D eigenvalue weighted by Gasteiger charge is -2.13. The number of amides is 1. The monoisotopic (exact) mass is 574 g/mol. The second-order valence-corrected chi connectivity index (χ2v) is 8.15. The third kappa shape index (κ3) is 11.4. The highest BCUT2D eigenvalue weighted by Crippen LogP contribution is 2.18. The third-order valence-electron chi connectivity index (χ3n) is 4.77. The number of nitrogens with zero attached hydrogens (tertiary/aromatic N) is 2. The van der Waals surface area contributed by atoms with Crippen LogP contribution in [0.1, 0.15) is 34.5 Å². The van der Waals surface area contributed by atoms with Crippen LogP contribution in [0, 0.1) is 6.92 Å². The Kier molecular flexibility index (Phi) is 14.2. The first kappa shape index (κ1) is 27.7. The van der Waals surface area contributed by atoms with Crippen molar-refractivity contribution in [2.75, 3.05) is 65.9 Å². The minimum atomic E-state index is -0.115. The summed E-state index contributed by atoms with van der Waals surface area (Å²) in [4.78, 5) is 12.3. The zero-order chi connectivity index (χ0) is 23.7. The van der Waals surface area contributed by atoms with E-state index in [1.54, 1.807) is 0 Å². The molecule has 33 heavy (non-hydrogen) atoms. The minimum absolute atomic E-state index is 0.111. The van der Waals surface area contributed by atoms with Gasteiger partial charge in [0.05, 0.1) is 65.1 Å². The number of aryl methyl sites for hydroxylation is 1. The predicted octanol–water partition coefficient (Wildman–Crippen LogP) is 2.54. The summed E-state index contributed by atoms with van der Waals surface area (Å²) in [5, 5.41) is 7.22. The highest BCUT2D eigenvalue weighted by molar-refractivity contribution is 14.1. The van der Waals surface area contributed by atoms with Crippen LogP contribution in [0.2, 0.25) is 0 Å². The molecule has 0 bridgehead atoms. The minimum Gasteiger partial charge on any atom is -0.378 e. The molecule has 1 atom stereocenters. The van der Waals surface area contributed by atoms with Gasteiger partial charge in [-0.2, -0.15) is 5.10 Å². The van der Waals surface area contributed by atoms with Crippen LogP contribution in [-0.2, 0) is 18.9 Å².